The second-order valence-corrected chi connectivity index (χ2v) is 4.34. The van der Waals surface area contributed by atoms with Crippen LogP contribution in [-0.2, 0) is 9.53 Å². The summed E-state index contributed by atoms with van der Waals surface area (Å²) in [6, 6.07) is 0.394. The molecule has 2 heterocycles. The number of hydrogen-bond acceptors (Lipinski definition) is 5. The molecule has 3 unspecified atom stereocenters. The van der Waals surface area contributed by atoms with Crippen molar-refractivity contribution in [3.63, 3.8) is 0 Å². The van der Waals surface area contributed by atoms with Crippen molar-refractivity contribution in [2.24, 2.45) is 10.7 Å². The molecule has 6 nitrogen and oxygen atoms in total. The SMILES string of the molecule is CC1CN=C(NCC2CCC(C(N)=O)O2)N1. The van der Waals surface area contributed by atoms with E-state index in [1.807, 2.05) is 0 Å². The molecule has 6 heteroatoms. The number of carbonyl (C=O) groups excluding carboxylic acids is 1. The van der Waals surface area contributed by atoms with Gasteiger partial charge in [-0.3, -0.25) is 9.79 Å². The molecule has 1 saturated heterocycles. The predicted octanol–water partition coefficient (Wildman–Crippen LogP) is -1.04. The molecule has 0 aromatic heterocycles. The molecule has 2 aliphatic rings. The highest BCUT2D eigenvalue weighted by Gasteiger charge is 2.29. The van der Waals surface area contributed by atoms with Crippen LogP contribution in [0.5, 0.6) is 0 Å². The zero-order chi connectivity index (χ0) is 11.5. The maximum atomic E-state index is 10.9. The van der Waals surface area contributed by atoms with E-state index in [4.69, 9.17) is 10.5 Å². The molecule has 0 radical (unpaired) electrons. The Balaban J connectivity index is 1.70. The Kier molecular flexibility index (Phi) is 3.28. The number of nitrogens with zero attached hydrogens (tertiary/aromatic N) is 1. The lowest BCUT2D eigenvalue weighted by Gasteiger charge is -2.14. The van der Waals surface area contributed by atoms with Crippen molar-refractivity contribution in [1.29, 1.82) is 0 Å². The van der Waals surface area contributed by atoms with Crippen LogP contribution in [0.15, 0.2) is 4.99 Å². The molecule has 90 valence electrons. The summed E-state index contributed by atoms with van der Waals surface area (Å²) < 4.78 is 5.49. The highest BCUT2D eigenvalue weighted by Crippen LogP contribution is 2.18. The van der Waals surface area contributed by atoms with E-state index in [-0.39, 0.29) is 12.0 Å². The first-order valence-electron chi connectivity index (χ1n) is 5.65. The van der Waals surface area contributed by atoms with Gasteiger partial charge in [-0.15, -0.1) is 0 Å². The predicted molar refractivity (Wildman–Crippen MR) is 60.0 cm³/mol. The van der Waals surface area contributed by atoms with Crippen LogP contribution in [0.2, 0.25) is 0 Å². The summed E-state index contributed by atoms with van der Waals surface area (Å²) in [4.78, 5) is 15.2. The Hall–Kier alpha value is -1.30. The minimum Gasteiger partial charge on any atom is -0.367 e. The lowest BCUT2D eigenvalue weighted by molar-refractivity contribution is -0.128. The van der Waals surface area contributed by atoms with Gasteiger partial charge in [0.25, 0.3) is 0 Å². The van der Waals surface area contributed by atoms with Crippen LogP contribution in [0.3, 0.4) is 0 Å². The highest BCUT2D eigenvalue weighted by atomic mass is 16.5. The standard InChI is InChI=1S/C10H18N4O2/c1-6-4-12-10(14-6)13-5-7-2-3-8(16-7)9(11)15/h6-8H,2-5H2,1H3,(H2,11,15)(H2,12,13,14). The zero-order valence-corrected chi connectivity index (χ0v) is 9.40. The van der Waals surface area contributed by atoms with Crippen LogP contribution in [0.1, 0.15) is 19.8 Å². The van der Waals surface area contributed by atoms with E-state index in [1.165, 1.54) is 0 Å². The molecule has 0 spiro atoms. The fourth-order valence-electron chi connectivity index (χ4n) is 1.94. The fourth-order valence-corrected chi connectivity index (χ4v) is 1.94. The molecule has 2 aliphatic heterocycles. The van der Waals surface area contributed by atoms with Gasteiger partial charge in [0, 0.05) is 12.6 Å². The Labute approximate surface area is 94.6 Å². The smallest absolute Gasteiger partial charge is 0.246 e. The molecule has 1 amide bonds. The van der Waals surface area contributed by atoms with Gasteiger partial charge in [0.15, 0.2) is 5.96 Å². The maximum Gasteiger partial charge on any atom is 0.246 e. The normalized spacial score (nSPS) is 33.3. The second kappa shape index (κ2) is 4.69. The summed E-state index contributed by atoms with van der Waals surface area (Å²) in [7, 11) is 0. The summed E-state index contributed by atoms with van der Waals surface area (Å²) >= 11 is 0. The Morgan fingerprint density at radius 3 is 3.06 bits per heavy atom. The van der Waals surface area contributed by atoms with E-state index < -0.39 is 6.10 Å². The molecule has 16 heavy (non-hydrogen) atoms. The molecule has 0 aliphatic carbocycles. The van der Waals surface area contributed by atoms with Crippen LogP contribution < -0.4 is 16.4 Å². The number of aliphatic imine (C=N–C) groups is 1. The first kappa shape index (κ1) is 11.2. The zero-order valence-electron chi connectivity index (χ0n) is 9.40. The average Bonchev–Trinajstić information content (AvgIpc) is 2.83. The highest BCUT2D eigenvalue weighted by molar-refractivity contribution is 5.81. The van der Waals surface area contributed by atoms with Gasteiger partial charge < -0.3 is 21.1 Å². The molecular weight excluding hydrogens is 208 g/mol. The molecule has 2 rings (SSSR count). The van der Waals surface area contributed by atoms with Crippen molar-refractivity contribution in [1.82, 2.24) is 10.6 Å². The van der Waals surface area contributed by atoms with Crippen LogP contribution in [-0.4, -0.2) is 43.2 Å². The molecule has 0 aromatic carbocycles. The van der Waals surface area contributed by atoms with E-state index in [1.54, 1.807) is 0 Å². The van der Waals surface area contributed by atoms with Crippen LogP contribution in [0, 0.1) is 0 Å². The molecule has 0 saturated carbocycles. The molecule has 0 aromatic rings. The van der Waals surface area contributed by atoms with E-state index in [0.29, 0.717) is 12.6 Å². The van der Waals surface area contributed by atoms with Crippen LogP contribution in [0.4, 0.5) is 0 Å². The Morgan fingerprint density at radius 2 is 2.50 bits per heavy atom. The van der Waals surface area contributed by atoms with Gasteiger partial charge in [0.1, 0.15) is 6.10 Å². The van der Waals surface area contributed by atoms with Gasteiger partial charge in [0.2, 0.25) is 5.91 Å². The molecule has 4 N–H and O–H groups in total. The van der Waals surface area contributed by atoms with Crippen molar-refractivity contribution >= 4 is 11.9 Å². The van der Waals surface area contributed by atoms with E-state index >= 15 is 0 Å². The van der Waals surface area contributed by atoms with Gasteiger partial charge in [-0.25, -0.2) is 0 Å². The fraction of sp³-hybridized carbons (Fsp3) is 0.800. The number of amides is 1. The monoisotopic (exact) mass is 226 g/mol. The summed E-state index contributed by atoms with van der Waals surface area (Å²) in [5.41, 5.74) is 5.18. The molecule has 1 fully saturated rings. The summed E-state index contributed by atoms with van der Waals surface area (Å²) in [6.45, 7) is 3.55. The third kappa shape index (κ3) is 2.63. The van der Waals surface area contributed by atoms with Crippen LogP contribution in [0.25, 0.3) is 0 Å². The lowest BCUT2D eigenvalue weighted by atomic mass is 10.2. The van der Waals surface area contributed by atoms with E-state index in [9.17, 15) is 4.79 Å². The van der Waals surface area contributed by atoms with Crippen molar-refractivity contribution in [3.8, 4) is 0 Å². The summed E-state index contributed by atoms with van der Waals surface area (Å²) in [5, 5.41) is 6.38. The minimum absolute atomic E-state index is 0.0536. The number of hydrogen-bond donors (Lipinski definition) is 3. The quantitative estimate of drug-likeness (QED) is 0.573. The molecular formula is C10H18N4O2. The second-order valence-electron chi connectivity index (χ2n) is 4.34. The number of nitrogens with one attached hydrogen (secondary N) is 2. The van der Waals surface area contributed by atoms with Crippen molar-refractivity contribution < 1.29 is 9.53 Å². The van der Waals surface area contributed by atoms with Gasteiger partial charge in [-0.1, -0.05) is 0 Å². The number of primary amides is 1. The first-order valence-corrected chi connectivity index (χ1v) is 5.65. The van der Waals surface area contributed by atoms with Crippen molar-refractivity contribution in [3.05, 3.63) is 0 Å². The summed E-state index contributed by atoms with van der Waals surface area (Å²) in [5.74, 6) is 0.450. The van der Waals surface area contributed by atoms with E-state index in [0.717, 1.165) is 25.3 Å². The Bertz CT molecular complexity index is 305. The molecule has 0 bridgehead atoms. The lowest BCUT2D eigenvalue weighted by Crippen LogP contribution is -2.41. The van der Waals surface area contributed by atoms with E-state index in [2.05, 4.69) is 22.5 Å². The average molecular weight is 226 g/mol. The third-order valence-corrected chi connectivity index (χ3v) is 2.83. The van der Waals surface area contributed by atoms with Crippen molar-refractivity contribution in [2.75, 3.05) is 13.1 Å². The largest absolute Gasteiger partial charge is 0.367 e. The van der Waals surface area contributed by atoms with Gasteiger partial charge in [-0.2, -0.15) is 0 Å². The van der Waals surface area contributed by atoms with Gasteiger partial charge in [0.05, 0.1) is 12.6 Å². The first-order chi connectivity index (χ1) is 7.65. The van der Waals surface area contributed by atoms with Gasteiger partial charge in [-0.05, 0) is 19.8 Å². The number of nitrogens with two attached hydrogens (primary N) is 1. The van der Waals surface area contributed by atoms with Crippen molar-refractivity contribution in [2.45, 2.75) is 38.0 Å². The van der Waals surface area contributed by atoms with Crippen LogP contribution >= 0.6 is 0 Å². The minimum atomic E-state index is -0.413. The van der Waals surface area contributed by atoms with Gasteiger partial charge >= 0.3 is 0 Å². The molecule has 3 atom stereocenters. The Morgan fingerprint density at radius 1 is 1.69 bits per heavy atom. The number of rotatable bonds is 3. The number of carbonyl (C=O) groups is 1. The summed E-state index contributed by atoms with van der Waals surface area (Å²) in [6.07, 6.45) is 1.23. The topological polar surface area (TPSA) is 88.7 Å². The maximum absolute atomic E-state index is 10.9. The number of ether oxygens (including phenoxy) is 1. The number of guanidine groups is 1. The third-order valence-electron chi connectivity index (χ3n) is 2.83.